The molecule has 0 aromatic heterocycles. The first-order valence-electron chi connectivity index (χ1n) is 5.19. The fraction of sp³-hybridized carbons (Fsp3) is 0.615. The predicted octanol–water partition coefficient (Wildman–Crippen LogP) is -0.589. The zero-order valence-electron chi connectivity index (χ0n) is 11.4. The van der Waals surface area contributed by atoms with Crippen LogP contribution in [0, 0.1) is 10.8 Å². The van der Waals surface area contributed by atoms with Gasteiger partial charge >= 0.3 is 122 Å². The van der Waals surface area contributed by atoms with Gasteiger partial charge in [-0.1, -0.05) is 0 Å². The summed E-state index contributed by atoms with van der Waals surface area (Å²) in [6, 6.07) is 0. The summed E-state index contributed by atoms with van der Waals surface area (Å²) in [6.45, 7) is 13.0. The van der Waals surface area contributed by atoms with Gasteiger partial charge < -0.3 is 0 Å². The van der Waals surface area contributed by atoms with E-state index in [1.165, 1.54) is 7.24 Å². The molecule has 3 heteroatoms. The Kier molecular flexibility index (Phi) is 5.55. The molecular formula is C13H19LiOTe. The zero-order valence-corrected chi connectivity index (χ0v) is 13.7. The normalized spacial score (nSPS) is 17.0. The van der Waals surface area contributed by atoms with Crippen LogP contribution in [0.25, 0.3) is 0 Å². The number of rotatable bonds is 0. The molecule has 1 aliphatic rings. The molecular weight excluding hydrogens is 307 g/mol. The first kappa shape index (κ1) is 16.4. The molecule has 1 rings (SSSR count). The third-order valence-electron chi connectivity index (χ3n) is 2.13. The van der Waals surface area contributed by atoms with Gasteiger partial charge in [0.1, 0.15) is 0 Å². The van der Waals surface area contributed by atoms with E-state index in [1.807, 2.05) is 0 Å². The summed E-state index contributed by atoms with van der Waals surface area (Å²) in [4.78, 5) is 0. The van der Waals surface area contributed by atoms with Crippen LogP contribution in [0.4, 0.5) is 0 Å². The van der Waals surface area contributed by atoms with E-state index >= 15 is 0 Å². The van der Waals surface area contributed by atoms with E-state index in [1.54, 1.807) is 6.08 Å². The Balaban J connectivity index is 0.00000225. The summed E-state index contributed by atoms with van der Waals surface area (Å²) >= 11 is -0.372. The van der Waals surface area contributed by atoms with Crippen LogP contribution in [0.5, 0.6) is 0 Å². The van der Waals surface area contributed by atoms with Gasteiger partial charge in [-0.3, -0.25) is 0 Å². The van der Waals surface area contributed by atoms with E-state index in [2.05, 4.69) is 47.3 Å². The first-order valence-corrected chi connectivity index (χ1v) is 7.52. The quantitative estimate of drug-likeness (QED) is 0.431. The molecule has 0 atom stereocenters. The second-order valence-electron chi connectivity index (χ2n) is 5.93. The molecule has 0 spiro atoms. The van der Waals surface area contributed by atoms with Gasteiger partial charge in [-0.05, 0) is 0 Å². The van der Waals surface area contributed by atoms with Gasteiger partial charge in [0.15, 0.2) is 0 Å². The van der Waals surface area contributed by atoms with Gasteiger partial charge in [0.25, 0.3) is 0 Å². The maximum Gasteiger partial charge on any atom is 1.00 e. The fourth-order valence-electron chi connectivity index (χ4n) is 1.14. The van der Waals surface area contributed by atoms with Gasteiger partial charge in [0, 0.05) is 0 Å². The van der Waals surface area contributed by atoms with Crippen LogP contribution in [0.15, 0.2) is 24.8 Å². The molecule has 0 radical (unpaired) electrons. The molecule has 0 N–H and O–H groups in total. The van der Waals surface area contributed by atoms with Crippen molar-refractivity contribution in [3.63, 3.8) is 0 Å². The summed E-state index contributed by atoms with van der Waals surface area (Å²) < 4.78 is 2.60. The Hall–Kier alpha value is 0.447. The van der Waals surface area contributed by atoms with E-state index in [-0.39, 0.29) is 56.4 Å². The van der Waals surface area contributed by atoms with Gasteiger partial charge in [-0.25, -0.2) is 0 Å². The molecule has 1 heterocycles. The molecule has 1 aliphatic heterocycles. The summed E-state index contributed by atoms with van der Waals surface area (Å²) in [6.07, 6.45) is 1.80. The molecule has 0 saturated heterocycles. The predicted molar refractivity (Wildman–Crippen MR) is 63.3 cm³/mol. The second-order valence-corrected chi connectivity index (χ2v) is 8.93. The molecule has 0 saturated carbocycles. The van der Waals surface area contributed by atoms with Crippen molar-refractivity contribution in [2.45, 2.75) is 41.5 Å². The summed E-state index contributed by atoms with van der Waals surface area (Å²) in [5.41, 5.74) is 3.25. The second kappa shape index (κ2) is 5.39. The Morgan fingerprint density at radius 3 is 1.94 bits per heavy atom. The van der Waals surface area contributed by atoms with Gasteiger partial charge in [-0.2, -0.15) is 0 Å². The van der Waals surface area contributed by atoms with E-state index < -0.39 is 0 Å². The zero-order chi connectivity index (χ0) is 11.9. The average molecular weight is 326 g/mol. The Bertz CT molecular complexity index is 360. The molecule has 0 unspecified atom stereocenters. The van der Waals surface area contributed by atoms with Crippen molar-refractivity contribution in [1.29, 1.82) is 0 Å². The third-order valence-corrected chi connectivity index (χ3v) is 7.46. The number of hydrogen-bond acceptors (Lipinski definition) is 1. The van der Waals surface area contributed by atoms with Crippen molar-refractivity contribution in [2.24, 2.45) is 10.8 Å². The van der Waals surface area contributed by atoms with Crippen LogP contribution < -0.4 is 24.0 Å². The molecule has 0 aromatic rings. The fourth-order valence-corrected chi connectivity index (χ4v) is 4.42. The Morgan fingerprint density at radius 1 is 1.06 bits per heavy atom. The Labute approximate surface area is 121 Å². The van der Waals surface area contributed by atoms with Gasteiger partial charge in [0.05, 0.1) is 0 Å². The van der Waals surface area contributed by atoms with Crippen LogP contribution >= 0.6 is 0 Å². The van der Waals surface area contributed by atoms with E-state index in [9.17, 15) is 5.11 Å². The molecule has 1 nitrogen and oxygen atoms in total. The summed E-state index contributed by atoms with van der Waals surface area (Å²) in [5, 5.41) is 11.6. The molecule has 16 heavy (non-hydrogen) atoms. The third kappa shape index (κ3) is 4.37. The van der Waals surface area contributed by atoms with Crippen molar-refractivity contribution in [1.82, 2.24) is 0 Å². The summed E-state index contributed by atoms with van der Waals surface area (Å²) in [7, 11) is 0. The topological polar surface area (TPSA) is 23.1 Å². The smallest absolute Gasteiger partial charge is 1.00 e. The van der Waals surface area contributed by atoms with E-state index in [0.717, 1.165) is 0 Å². The summed E-state index contributed by atoms with van der Waals surface area (Å²) in [5.74, 6) is 0.0567. The largest absolute Gasteiger partial charge is 1.00 e. The van der Waals surface area contributed by atoms with Crippen molar-refractivity contribution in [3.05, 3.63) is 24.8 Å². The van der Waals surface area contributed by atoms with Crippen LogP contribution in [0.2, 0.25) is 0 Å². The molecule has 0 aliphatic carbocycles. The van der Waals surface area contributed by atoms with Gasteiger partial charge in [-0.15, -0.1) is 0 Å². The van der Waals surface area contributed by atoms with Crippen LogP contribution in [0.3, 0.4) is 0 Å². The van der Waals surface area contributed by atoms with Crippen molar-refractivity contribution in [2.75, 3.05) is 0 Å². The molecule has 0 fully saturated rings. The minimum atomic E-state index is -0.372. The van der Waals surface area contributed by atoms with Crippen LogP contribution in [-0.4, -0.2) is 20.9 Å². The SMILES string of the molecule is CC(C)(C)C1=C=C([O-])C=C(C(C)(C)C)[Te]1.[Li+]. The maximum absolute atomic E-state index is 11.6. The van der Waals surface area contributed by atoms with Crippen molar-refractivity contribution >= 4 is 20.9 Å². The number of allylic oxidation sites excluding steroid dienone is 2. The van der Waals surface area contributed by atoms with E-state index in [0.29, 0.717) is 0 Å². The first-order chi connectivity index (χ1) is 6.60. The minimum Gasteiger partial charge on any atom is 1.00 e. The molecule has 84 valence electrons. The monoisotopic (exact) mass is 328 g/mol. The number of hydrogen-bond donors (Lipinski definition) is 0. The van der Waals surface area contributed by atoms with Crippen molar-refractivity contribution < 1.29 is 24.0 Å². The Morgan fingerprint density at radius 2 is 1.56 bits per heavy atom. The minimum absolute atomic E-state index is 0. The van der Waals surface area contributed by atoms with Gasteiger partial charge in [0.2, 0.25) is 0 Å². The average Bonchev–Trinajstić information content (AvgIpc) is 1.99. The van der Waals surface area contributed by atoms with Crippen molar-refractivity contribution in [3.8, 4) is 0 Å². The van der Waals surface area contributed by atoms with Crippen LogP contribution in [-0.2, 0) is 0 Å². The standard InChI is InChI=1S/C13H20OTe.Li/c1-12(2,3)10-7-9(14)8-11(15-10)13(4,5)6;/h7,14H,1-6H3;/q;+1/p-1. The molecule has 0 amide bonds. The van der Waals surface area contributed by atoms with Crippen LogP contribution in [0.1, 0.15) is 41.5 Å². The molecule has 0 bridgehead atoms. The van der Waals surface area contributed by atoms with E-state index in [4.69, 9.17) is 0 Å². The maximum atomic E-state index is 11.6. The molecule has 0 aromatic carbocycles.